The lowest BCUT2D eigenvalue weighted by atomic mass is 9.95. The molecule has 0 atom stereocenters. The Bertz CT molecular complexity index is 865. The molecule has 1 saturated heterocycles. The van der Waals surface area contributed by atoms with Gasteiger partial charge in [-0.3, -0.25) is 4.79 Å². The van der Waals surface area contributed by atoms with Crippen LogP contribution in [0.4, 0.5) is 11.8 Å². The number of nitrogens with two attached hydrogens (primary N) is 1. The molecule has 1 aromatic carbocycles. The van der Waals surface area contributed by atoms with Crippen LogP contribution in [0.15, 0.2) is 12.1 Å². The molecule has 1 aliphatic heterocycles. The van der Waals surface area contributed by atoms with Gasteiger partial charge < -0.3 is 25.0 Å². The molecule has 1 amide bonds. The van der Waals surface area contributed by atoms with Crippen molar-refractivity contribution in [2.24, 2.45) is 5.92 Å². The highest BCUT2D eigenvalue weighted by Gasteiger charge is 2.28. The standard InChI is InChI=1S/C21H31N5O3/c1-5-6-9-25(2)20(27)14-7-10-26(11-8-14)21-23-16-13-18(29-4)17(28-3)12-15(16)19(22)24-21/h12-14H,5-11H2,1-4H3,(H2,22,23,24). The fourth-order valence-corrected chi connectivity index (χ4v) is 3.75. The number of ether oxygens (including phenoxy) is 2. The molecule has 1 aliphatic rings. The van der Waals surface area contributed by atoms with E-state index in [4.69, 9.17) is 20.2 Å². The summed E-state index contributed by atoms with van der Waals surface area (Å²) in [6.45, 7) is 4.43. The normalized spacial score (nSPS) is 14.8. The van der Waals surface area contributed by atoms with Gasteiger partial charge in [-0.1, -0.05) is 13.3 Å². The molecule has 0 unspecified atom stereocenters. The van der Waals surface area contributed by atoms with E-state index in [0.717, 1.165) is 50.7 Å². The second-order valence-corrected chi connectivity index (χ2v) is 7.51. The number of hydrogen-bond acceptors (Lipinski definition) is 7. The number of carbonyl (C=O) groups excluding carboxylic acids is 1. The topological polar surface area (TPSA) is 93.8 Å². The van der Waals surface area contributed by atoms with E-state index in [0.29, 0.717) is 28.8 Å². The van der Waals surface area contributed by atoms with Crippen molar-refractivity contribution < 1.29 is 14.3 Å². The summed E-state index contributed by atoms with van der Waals surface area (Å²) in [5.74, 6) is 2.50. The molecule has 2 N–H and O–H groups in total. The van der Waals surface area contributed by atoms with Crippen molar-refractivity contribution in [1.82, 2.24) is 14.9 Å². The summed E-state index contributed by atoms with van der Waals surface area (Å²) in [5, 5.41) is 0.731. The molecule has 8 nitrogen and oxygen atoms in total. The van der Waals surface area contributed by atoms with Crippen molar-refractivity contribution in [3.8, 4) is 11.5 Å². The number of amides is 1. The first kappa shape index (κ1) is 21.0. The Kier molecular flexibility index (Phi) is 6.61. The molecule has 0 bridgehead atoms. The zero-order valence-electron chi connectivity index (χ0n) is 17.8. The van der Waals surface area contributed by atoms with Gasteiger partial charge >= 0.3 is 0 Å². The van der Waals surface area contributed by atoms with Gasteiger partial charge in [-0.15, -0.1) is 0 Å². The van der Waals surface area contributed by atoms with E-state index in [-0.39, 0.29) is 11.8 Å². The minimum Gasteiger partial charge on any atom is -0.493 e. The number of benzene rings is 1. The third kappa shape index (κ3) is 4.46. The van der Waals surface area contributed by atoms with Crippen LogP contribution >= 0.6 is 0 Å². The molecule has 0 spiro atoms. The van der Waals surface area contributed by atoms with Crippen molar-refractivity contribution in [2.75, 3.05) is 51.5 Å². The lowest BCUT2D eigenvalue weighted by Gasteiger charge is -2.33. The maximum atomic E-state index is 12.6. The summed E-state index contributed by atoms with van der Waals surface area (Å²) >= 11 is 0. The number of fused-ring (bicyclic) bond motifs is 1. The number of carbonyl (C=O) groups is 1. The zero-order valence-corrected chi connectivity index (χ0v) is 17.8. The molecule has 1 fully saturated rings. The number of methoxy groups -OCH3 is 2. The molecule has 0 aliphatic carbocycles. The molecule has 2 heterocycles. The Morgan fingerprint density at radius 1 is 1.21 bits per heavy atom. The molecular weight excluding hydrogens is 370 g/mol. The number of anilines is 2. The van der Waals surface area contributed by atoms with E-state index < -0.39 is 0 Å². The summed E-state index contributed by atoms with van der Waals surface area (Å²) in [6, 6.07) is 3.61. The smallest absolute Gasteiger partial charge is 0.227 e. The largest absolute Gasteiger partial charge is 0.493 e. The summed E-state index contributed by atoms with van der Waals surface area (Å²) in [6.07, 6.45) is 3.72. The van der Waals surface area contributed by atoms with Crippen molar-refractivity contribution in [1.29, 1.82) is 0 Å². The zero-order chi connectivity index (χ0) is 21.0. The second kappa shape index (κ2) is 9.15. The van der Waals surface area contributed by atoms with Crippen LogP contribution in [0.5, 0.6) is 11.5 Å². The highest BCUT2D eigenvalue weighted by molar-refractivity contribution is 5.91. The number of nitrogens with zero attached hydrogens (tertiary/aromatic N) is 4. The van der Waals surface area contributed by atoms with Gasteiger partial charge in [0.05, 0.1) is 19.7 Å². The number of rotatable bonds is 7. The Balaban J connectivity index is 1.74. The third-order valence-electron chi connectivity index (χ3n) is 5.57. The highest BCUT2D eigenvalue weighted by atomic mass is 16.5. The minimum absolute atomic E-state index is 0.0651. The van der Waals surface area contributed by atoms with Crippen LogP contribution in [0.2, 0.25) is 0 Å². The molecule has 2 aromatic rings. The summed E-state index contributed by atoms with van der Waals surface area (Å²) < 4.78 is 10.7. The first-order chi connectivity index (χ1) is 14.0. The van der Waals surface area contributed by atoms with Crippen LogP contribution in [-0.4, -0.2) is 61.7 Å². The Labute approximate surface area is 172 Å². The van der Waals surface area contributed by atoms with Crippen molar-refractivity contribution in [3.63, 3.8) is 0 Å². The average Bonchev–Trinajstić information content (AvgIpc) is 2.76. The van der Waals surface area contributed by atoms with Crippen LogP contribution < -0.4 is 20.1 Å². The van der Waals surface area contributed by atoms with Gasteiger partial charge in [0, 0.05) is 44.1 Å². The molecule has 158 valence electrons. The van der Waals surface area contributed by atoms with Crippen LogP contribution in [-0.2, 0) is 4.79 Å². The monoisotopic (exact) mass is 401 g/mol. The van der Waals surface area contributed by atoms with Gasteiger partial charge in [0.1, 0.15) is 5.82 Å². The van der Waals surface area contributed by atoms with Gasteiger partial charge in [-0.05, 0) is 25.3 Å². The van der Waals surface area contributed by atoms with Gasteiger partial charge in [0.15, 0.2) is 11.5 Å². The Hall–Kier alpha value is -2.77. The second-order valence-electron chi connectivity index (χ2n) is 7.51. The van der Waals surface area contributed by atoms with E-state index in [2.05, 4.69) is 16.8 Å². The van der Waals surface area contributed by atoms with E-state index in [9.17, 15) is 4.79 Å². The number of aromatic nitrogens is 2. The van der Waals surface area contributed by atoms with Gasteiger partial charge in [0.2, 0.25) is 11.9 Å². The van der Waals surface area contributed by atoms with Crippen molar-refractivity contribution in [3.05, 3.63) is 12.1 Å². The van der Waals surface area contributed by atoms with Gasteiger partial charge in [-0.25, -0.2) is 4.98 Å². The third-order valence-corrected chi connectivity index (χ3v) is 5.57. The molecule has 0 saturated carbocycles. The summed E-state index contributed by atoms with van der Waals surface area (Å²) in [4.78, 5) is 25.8. The van der Waals surface area contributed by atoms with Crippen LogP contribution in [0.3, 0.4) is 0 Å². The quantitative estimate of drug-likeness (QED) is 0.762. The molecule has 0 radical (unpaired) electrons. The number of hydrogen-bond donors (Lipinski definition) is 1. The predicted molar refractivity (Wildman–Crippen MR) is 115 cm³/mol. The highest BCUT2D eigenvalue weighted by Crippen LogP contribution is 2.34. The van der Waals surface area contributed by atoms with E-state index in [1.54, 1.807) is 20.3 Å². The Morgan fingerprint density at radius 3 is 2.48 bits per heavy atom. The average molecular weight is 402 g/mol. The summed E-state index contributed by atoms with van der Waals surface area (Å²) in [7, 11) is 5.08. The number of nitrogen functional groups attached to an aromatic ring is 1. The maximum absolute atomic E-state index is 12.6. The number of piperidine rings is 1. The maximum Gasteiger partial charge on any atom is 0.227 e. The SMILES string of the molecule is CCCCN(C)C(=O)C1CCN(c2nc(N)c3cc(OC)c(OC)cc3n2)CC1. The molecule has 29 heavy (non-hydrogen) atoms. The Morgan fingerprint density at radius 2 is 1.86 bits per heavy atom. The fraction of sp³-hybridized carbons (Fsp3) is 0.571. The van der Waals surface area contributed by atoms with Crippen LogP contribution in [0, 0.1) is 5.92 Å². The molecule has 8 heteroatoms. The lowest BCUT2D eigenvalue weighted by molar-refractivity contribution is -0.134. The lowest BCUT2D eigenvalue weighted by Crippen LogP contribution is -2.42. The number of unbranched alkanes of at least 4 members (excludes halogenated alkanes) is 1. The fourth-order valence-electron chi connectivity index (χ4n) is 3.75. The van der Waals surface area contributed by atoms with Crippen LogP contribution in [0.1, 0.15) is 32.6 Å². The van der Waals surface area contributed by atoms with Crippen molar-refractivity contribution >= 4 is 28.6 Å². The molecular formula is C21H31N5O3. The minimum atomic E-state index is 0.0651. The van der Waals surface area contributed by atoms with E-state index >= 15 is 0 Å². The first-order valence-corrected chi connectivity index (χ1v) is 10.2. The summed E-state index contributed by atoms with van der Waals surface area (Å²) in [5.41, 5.74) is 6.92. The van der Waals surface area contributed by atoms with Crippen molar-refractivity contribution in [2.45, 2.75) is 32.6 Å². The van der Waals surface area contributed by atoms with Crippen LogP contribution in [0.25, 0.3) is 10.9 Å². The van der Waals surface area contributed by atoms with Gasteiger partial charge in [0.25, 0.3) is 0 Å². The van der Waals surface area contributed by atoms with Gasteiger partial charge in [-0.2, -0.15) is 4.98 Å². The predicted octanol–water partition coefficient (Wildman–Crippen LogP) is 2.70. The first-order valence-electron chi connectivity index (χ1n) is 10.2. The van der Waals surface area contributed by atoms with E-state index in [1.165, 1.54) is 0 Å². The molecule has 1 aromatic heterocycles. The molecule has 3 rings (SSSR count). The van der Waals surface area contributed by atoms with E-state index in [1.807, 2.05) is 18.0 Å².